The summed E-state index contributed by atoms with van der Waals surface area (Å²) in [6, 6.07) is 9.46. The summed E-state index contributed by atoms with van der Waals surface area (Å²) in [6.45, 7) is 1.42. The molecule has 1 atom stereocenters. The molecule has 8 heteroatoms. The maximum atomic E-state index is 13.0. The van der Waals surface area contributed by atoms with E-state index in [-0.39, 0.29) is 40.8 Å². The first-order chi connectivity index (χ1) is 11.8. The Morgan fingerprint density at radius 1 is 1.32 bits per heavy atom. The molecule has 0 aliphatic rings. The Bertz CT molecular complexity index is 783. The minimum Gasteiger partial charge on any atom is -0.477 e. The zero-order chi connectivity index (χ0) is 18.6. The lowest BCUT2D eigenvalue weighted by atomic mass is 10.1. The summed E-state index contributed by atoms with van der Waals surface area (Å²) < 4.78 is 18.3. The van der Waals surface area contributed by atoms with E-state index >= 15 is 0 Å². The maximum absolute atomic E-state index is 13.0. The summed E-state index contributed by atoms with van der Waals surface area (Å²) in [6.07, 6.45) is 0. The summed E-state index contributed by atoms with van der Waals surface area (Å²) in [5.41, 5.74) is 0.448. The Balaban J connectivity index is 2.04. The number of ether oxygens (including phenoxy) is 1. The van der Waals surface area contributed by atoms with Crippen LogP contribution in [0.1, 0.15) is 18.5 Å². The smallest absolute Gasteiger partial charge is 0.312 e. The Labute approximate surface area is 148 Å². The maximum Gasteiger partial charge on any atom is 0.312 e. The fraction of sp³-hybridized carbons (Fsp3) is 0.235. The van der Waals surface area contributed by atoms with E-state index in [0.717, 1.165) is 11.6 Å². The van der Waals surface area contributed by atoms with Gasteiger partial charge in [0.1, 0.15) is 5.82 Å². The van der Waals surface area contributed by atoms with Gasteiger partial charge in [-0.25, -0.2) is 4.39 Å². The molecule has 1 amide bonds. The molecule has 2 aromatic carbocycles. The second-order valence-corrected chi connectivity index (χ2v) is 5.83. The van der Waals surface area contributed by atoms with Crippen molar-refractivity contribution in [2.24, 2.45) is 0 Å². The molecule has 0 fully saturated rings. The fourth-order valence-electron chi connectivity index (χ4n) is 2.18. The predicted octanol–water partition coefficient (Wildman–Crippen LogP) is 3.99. The van der Waals surface area contributed by atoms with Gasteiger partial charge in [0.15, 0.2) is 12.4 Å². The second kappa shape index (κ2) is 7.94. The third-order valence-corrected chi connectivity index (χ3v) is 4.03. The monoisotopic (exact) mass is 366 g/mol. The van der Waals surface area contributed by atoms with E-state index in [4.69, 9.17) is 16.3 Å². The Morgan fingerprint density at radius 3 is 2.56 bits per heavy atom. The average molecular weight is 367 g/mol. The van der Waals surface area contributed by atoms with Gasteiger partial charge in [0.05, 0.1) is 11.0 Å². The molecule has 0 saturated heterocycles. The van der Waals surface area contributed by atoms with E-state index in [9.17, 15) is 19.3 Å². The van der Waals surface area contributed by atoms with E-state index in [1.807, 2.05) is 0 Å². The first-order valence-corrected chi connectivity index (χ1v) is 7.75. The molecule has 0 heterocycles. The molecular formula is C17H16ClFN2O4. The summed E-state index contributed by atoms with van der Waals surface area (Å²) in [7, 11) is 1.58. The lowest BCUT2D eigenvalue weighted by Crippen LogP contribution is -2.33. The number of amides is 1. The number of hydrogen-bond acceptors (Lipinski definition) is 4. The summed E-state index contributed by atoms with van der Waals surface area (Å²) in [5, 5.41) is 11.2. The summed E-state index contributed by atoms with van der Waals surface area (Å²) >= 11 is 5.73. The van der Waals surface area contributed by atoms with Crippen molar-refractivity contribution in [2.75, 3.05) is 13.7 Å². The molecule has 2 rings (SSSR count). The number of carbonyl (C=O) groups excluding carboxylic acids is 1. The van der Waals surface area contributed by atoms with E-state index < -0.39 is 4.92 Å². The van der Waals surface area contributed by atoms with Crippen molar-refractivity contribution in [2.45, 2.75) is 13.0 Å². The van der Waals surface area contributed by atoms with Gasteiger partial charge in [-0.1, -0.05) is 23.7 Å². The summed E-state index contributed by atoms with van der Waals surface area (Å²) in [5.74, 6) is -0.769. The van der Waals surface area contributed by atoms with Crippen LogP contribution in [-0.2, 0) is 4.79 Å². The molecule has 0 aromatic heterocycles. The Morgan fingerprint density at radius 2 is 1.96 bits per heavy atom. The number of carbonyl (C=O) groups is 1. The van der Waals surface area contributed by atoms with Gasteiger partial charge in [0.25, 0.3) is 5.91 Å². The van der Waals surface area contributed by atoms with Crippen molar-refractivity contribution < 1.29 is 18.8 Å². The molecule has 0 bridgehead atoms. The topological polar surface area (TPSA) is 72.7 Å². The standard InChI is InChI=1S/C17H16ClFN2O4/c1-11(12-3-6-14(19)7-4-12)20(2)17(22)10-25-16-8-5-13(18)9-15(16)21(23)24/h3-9,11H,10H2,1-2H3. The highest BCUT2D eigenvalue weighted by Gasteiger charge is 2.21. The van der Waals surface area contributed by atoms with E-state index in [0.29, 0.717) is 0 Å². The average Bonchev–Trinajstić information content (AvgIpc) is 2.59. The fourth-order valence-corrected chi connectivity index (χ4v) is 2.34. The quantitative estimate of drug-likeness (QED) is 0.572. The first kappa shape index (κ1) is 18.7. The number of likely N-dealkylation sites (N-methyl/N-ethyl adjacent to an activating group) is 1. The zero-order valence-electron chi connectivity index (χ0n) is 13.6. The van der Waals surface area contributed by atoms with Crippen LogP contribution in [-0.4, -0.2) is 29.4 Å². The van der Waals surface area contributed by atoms with Crippen LogP contribution in [0, 0.1) is 15.9 Å². The van der Waals surface area contributed by atoms with Crippen LogP contribution >= 0.6 is 11.6 Å². The summed E-state index contributed by atoms with van der Waals surface area (Å²) in [4.78, 5) is 24.1. The molecule has 1 unspecified atom stereocenters. The van der Waals surface area contributed by atoms with Gasteiger partial charge < -0.3 is 9.64 Å². The van der Waals surface area contributed by atoms with Crippen molar-refractivity contribution >= 4 is 23.2 Å². The molecule has 2 aromatic rings. The highest BCUT2D eigenvalue weighted by atomic mass is 35.5. The number of nitro benzene ring substituents is 1. The number of benzene rings is 2. The molecule has 0 radical (unpaired) electrons. The van der Waals surface area contributed by atoms with Crippen LogP contribution in [0.25, 0.3) is 0 Å². The van der Waals surface area contributed by atoms with Gasteiger partial charge in [-0.15, -0.1) is 0 Å². The molecule has 132 valence electrons. The van der Waals surface area contributed by atoms with Gasteiger partial charge >= 0.3 is 5.69 Å². The first-order valence-electron chi connectivity index (χ1n) is 7.37. The van der Waals surface area contributed by atoms with Gasteiger partial charge in [0.2, 0.25) is 0 Å². The number of nitrogens with zero attached hydrogens (tertiary/aromatic N) is 2. The van der Waals surface area contributed by atoms with Gasteiger partial charge in [-0.3, -0.25) is 14.9 Å². The molecule has 25 heavy (non-hydrogen) atoms. The van der Waals surface area contributed by atoms with Gasteiger partial charge in [0, 0.05) is 18.1 Å². The van der Waals surface area contributed by atoms with Crippen molar-refractivity contribution in [3.05, 3.63) is 69.0 Å². The largest absolute Gasteiger partial charge is 0.477 e. The minimum atomic E-state index is -0.628. The van der Waals surface area contributed by atoms with Crippen LogP contribution in [0.3, 0.4) is 0 Å². The minimum absolute atomic E-state index is 0.0365. The molecule has 6 nitrogen and oxygen atoms in total. The van der Waals surface area contributed by atoms with Crippen LogP contribution in [0.2, 0.25) is 5.02 Å². The van der Waals surface area contributed by atoms with Crippen molar-refractivity contribution in [1.29, 1.82) is 0 Å². The van der Waals surface area contributed by atoms with E-state index in [2.05, 4.69) is 0 Å². The molecule has 0 aliphatic carbocycles. The zero-order valence-corrected chi connectivity index (χ0v) is 14.4. The third kappa shape index (κ3) is 4.67. The molecule has 0 aliphatic heterocycles. The van der Waals surface area contributed by atoms with Crippen molar-refractivity contribution in [3.63, 3.8) is 0 Å². The Kier molecular flexibility index (Phi) is 5.93. The van der Waals surface area contributed by atoms with Crippen LogP contribution in [0.4, 0.5) is 10.1 Å². The van der Waals surface area contributed by atoms with Crippen molar-refractivity contribution in [3.8, 4) is 5.75 Å². The molecular weight excluding hydrogens is 351 g/mol. The number of halogens is 2. The normalized spacial score (nSPS) is 11.7. The molecule has 0 N–H and O–H groups in total. The van der Waals surface area contributed by atoms with Crippen molar-refractivity contribution in [1.82, 2.24) is 4.90 Å². The Hall–Kier alpha value is -2.67. The molecule has 0 spiro atoms. The number of nitro groups is 1. The number of hydrogen-bond donors (Lipinski definition) is 0. The SMILES string of the molecule is CC(c1ccc(F)cc1)N(C)C(=O)COc1ccc(Cl)cc1[N+](=O)[O-]. The highest BCUT2D eigenvalue weighted by Crippen LogP contribution is 2.30. The second-order valence-electron chi connectivity index (χ2n) is 5.39. The predicted molar refractivity (Wildman–Crippen MR) is 91.2 cm³/mol. The van der Waals surface area contributed by atoms with E-state index in [1.165, 1.54) is 29.2 Å². The van der Waals surface area contributed by atoms with Crippen LogP contribution in [0.5, 0.6) is 5.75 Å². The highest BCUT2D eigenvalue weighted by molar-refractivity contribution is 6.30. The van der Waals surface area contributed by atoms with Crippen LogP contribution < -0.4 is 4.74 Å². The van der Waals surface area contributed by atoms with Crippen LogP contribution in [0.15, 0.2) is 42.5 Å². The lowest BCUT2D eigenvalue weighted by molar-refractivity contribution is -0.385. The van der Waals surface area contributed by atoms with Gasteiger partial charge in [-0.05, 0) is 36.8 Å². The molecule has 0 saturated carbocycles. The lowest BCUT2D eigenvalue weighted by Gasteiger charge is -2.25. The third-order valence-electron chi connectivity index (χ3n) is 3.80. The van der Waals surface area contributed by atoms with Gasteiger partial charge in [-0.2, -0.15) is 0 Å². The van der Waals surface area contributed by atoms with E-state index in [1.54, 1.807) is 26.1 Å². The number of rotatable bonds is 6.